The molecular weight excluding hydrogens is 424 g/mol. The number of nitrogens with one attached hydrogen (secondary N) is 3. The maximum absolute atomic E-state index is 12.6. The fraction of sp³-hybridized carbons (Fsp3) is 0.333. The van der Waals surface area contributed by atoms with E-state index in [2.05, 4.69) is 27.4 Å². The van der Waals surface area contributed by atoms with Gasteiger partial charge in [0, 0.05) is 25.3 Å². The van der Waals surface area contributed by atoms with Crippen molar-refractivity contribution in [1.29, 1.82) is 0 Å². The molecular formula is C24H30N4O3S. The number of urea groups is 1. The van der Waals surface area contributed by atoms with Crippen molar-refractivity contribution in [3.05, 3.63) is 65.7 Å². The van der Waals surface area contributed by atoms with Gasteiger partial charge in [0.05, 0.1) is 20.3 Å². The van der Waals surface area contributed by atoms with Crippen molar-refractivity contribution in [3.63, 3.8) is 0 Å². The first-order chi connectivity index (χ1) is 15.5. The minimum Gasteiger partial charge on any atom is -0.493 e. The zero-order valence-electron chi connectivity index (χ0n) is 18.7. The summed E-state index contributed by atoms with van der Waals surface area (Å²) >= 11 is 5.64. The molecule has 0 saturated heterocycles. The minimum atomic E-state index is -0.272. The Morgan fingerprint density at radius 2 is 1.88 bits per heavy atom. The number of carbonyl (C=O) groups is 1. The van der Waals surface area contributed by atoms with Gasteiger partial charge in [-0.3, -0.25) is 0 Å². The van der Waals surface area contributed by atoms with Gasteiger partial charge in [0.25, 0.3) is 0 Å². The standard InChI is InChI=1S/C24H30N4O3S/c1-5-11-25-24(32)28-12-10-17-13-21(30-3)22(31-4)14-19(17)20(28)15-26-23(29)27-18-8-6-16(2)7-9-18/h5-9,13-14,20H,1,10-12,15H2,2-4H3,(H,25,32)(H2,26,27,29). The molecule has 0 fully saturated rings. The van der Waals surface area contributed by atoms with Crippen LogP contribution in [0.3, 0.4) is 0 Å². The second kappa shape index (κ2) is 10.9. The van der Waals surface area contributed by atoms with Gasteiger partial charge in [-0.1, -0.05) is 23.8 Å². The highest BCUT2D eigenvalue weighted by molar-refractivity contribution is 7.80. The number of hydrogen-bond donors (Lipinski definition) is 3. The van der Waals surface area contributed by atoms with Gasteiger partial charge in [0.1, 0.15) is 0 Å². The molecule has 0 aromatic heterocycles. The molecule has 1 atom stereocenters. The van der Waals surface area contributed by atoms with Gasteiger partial charge in [-0.05, 0) is 61.0 Å². The molecule has 1 heterocycles. The summed E-state index contributed by atoms with van der Waals surface area (Å²) in [5, 5.41) is 9.69. The number of fused-ring (bicyclic) bond motifs is 1. The van der Waals surface area contributed by atoms with Gasteiger partial charge in [0.2, 0.25) is 0 Å². The quantitative estimate of drug-likeness (QED) is 0.437. The van der Waals surface area contributed by atoms with Crippen LogP contribution in [-0.4, -0.2) is 49.9 Å². The minimum absolute atomic E-state index is 0.160. The number of thiocarbonyl (C=S) groups is 1. The van der Waals surface area contributed by atoms with Gasteiger partial charge in [0.15, 0.2) is 16.6 Å². The monoisotopic (exact) mass is 454 g/mol. The first-order valence-corrected chi connectivity index (χ1v) is 10.9. The molecule has 1 aliphatic rings. The van der Waals surface area contributed by atoms with Gasteiger partial charge in [-0.15, -0.1) is 6.58 Å². The third kappa shape index (κ3) is 5.50. The van der Waals surface area contributed by atoms with E-state index in [1.54, 1.807) is 20.3 Å². The lowest BCUT2D eigenvalue weighted by Gasteiger charge is -2.39. The average Bonchev–Trinajstić information content (AvgIpc) is 2.81. The van der Waals surface area contributed by atoms with Gasteiger partial charge < -0.3 is 30.3 Å². The number of anilines is 1. The Kier molecular flexibility index (Phi) is 7.94. The van der Waals surface area contributed by atoms with Crippen LogP contribution >= 0.6 is 12.2 Å². The number of methoxy groups -OCH3 is 2. The molecule has 3 N–H and O–H groups in total. The summed E-state index contributed by atoms with van der Waals surface area (Å²) < 4.78 is 11.0. The van der Waals surface area contributed by atoms with E-state index in [9.17, 15) is 4.79 Å². The first kappa shape index (κ1) is 23.4. The zero-order chi connectivity index (χ0) is 23.1. The largest absolute Gasteiger partial charge is 0.493 e. The van der Waals surface area contributed by atoms with E-state index in [1.807, 2.05) is 43.3 Å². The van der Waals surface area contributed by atoms with Crippen LogP contribution in [0.2, 0.25) is 0 Å². The third-order valence-corrected chi connectivity index (χ3v) is 5.81. The summed E-state index contributed by atoms with van der Waals surface area (Å²) in [6.07, 6.45) is 2.57. The molecule has 1 aliphatic heterocycles. The van der Waals surface area contributed by atoms with E-state index >= 15 is 0 Å². The van der Waals surface area contributed by atoms with E-state index in [4.69, 9.17) is 21.7 Å². The number of nitrogens with zero attached hydrogens (tertiary/aromatic N) is 1. The molecule has 1 unspecified atom stereocenters. The summed E-state index contributed by atoms with van der Waals surface area (Å²) in [7, 11) is 3.24. The zero-order valence-corrected chi connectivity index (χ0v) is 19.6. The summed E-state index contributed by atoms with van der Waals surface area (Å²) in [5.74, 6) is 1.34. The molecule has 2 amide bonds. The summed E-state index contributed by atoms with van der Waals surface area (Å²) in [5.41, 5.74) is 4.07. The van der Waals surface area contributed by atoms with Crippen molar-refractivity contribution in [2.75, 3.05) is 39.2 Å². The van der Waals surface area contributed by atoms with Crippen LogP contribution < -0.4 is 25.4 Å². The predicted octanol–water partition coefficient (Wildman–Crippen LogP) is 3.79. The van der Waals surface area contributed by atoms with Gasteiger partial charge in [-0.25, -0.2) is 4.79 Å². The van der Waals surface area contributed by atoms with Crippen molar-refractivity contribution < 1.29 is 14.3 Å². The number of ether oxygens (including phenoxy) is 2. The maximum Gasteiger partial charge on any atom is 0.319 e. The summed E-state index contributed by atoms with van der Waals surface area (Å²) in [6.45, 7) is 7.41. The normalized spacial score (nSPS) is 14.7. The predicted molar refractivity (Wildman–Crippen MR) is 132 cm³/mol. The van der Waals surface area contributed by atoms with Crippen LogP contribution in [0.15, 0.2) is 49.1 Å². The molecule has 0 saturated carbocycles. The Morgan fingerprint density at radius 3 is 2.53 bits per heavy atom. The van der Waals surface area contributed by atoms with Crippen molar-refractivity contribution in [3.8, 4) is 11.5 Å². The lowest BCUT2D eigenvalue weighted by atomic mass is 9.92. The number of carbonyl (C=O) groups excluding carboxylic acids is 1. The van der Waals surface area contributed by atoms with Crippen LogP contribution in [0.5, 0.6) is 11.5 Å². The van der Waals surface area contributed by atoms with Crippen molar-refractivity contribution in [2.45, 2.75) is 19.4 Å². The molecule has 8 heteroatoms. The smallest absolute Gasteiger partial charge is 0.319 e. The van der Waals surface area contributed by atoms with Gasteiger partial charge >= 0.3 is 6.03 Å². The Labute approximate surface area is 194 Å². The van der Waals surface area contributed by atoms with Crippen molar-refractivity contribution >= 4 is 29.0 Å². The third-order valence-electron chi connectivity index (χ3n) is 5.43. The fourth-order valence-corrected chi connectivity index (χ4v) is 4.06. The van der Waals surface area contributed by atoms with Crippen molar-refractivity contribution in [1.82, 2.24) is 15.5 Å². The second-order valence-electron chi connectivity index (χ2n) is 7.54. The Morgan fingerprint density at radius 1 is 1.19 bits per heavy atom. The van der Waals surface area contributed by atoms with E-state index < -0.39 is 0 Å². The molecule has 0 bridgehead atoms. The molecule has 32 heavy (non-hydrogen) atoms. The summed E-state index contributed by atoms with van der Waals surface area (Å²) in [4.78, 5) is 14.7. The number of benzene rings is 2. The van der Waals surface area contributed by atoms with E-state index in [1.165, 1.54) is 0 Å². The average molecular weight is 455 g/mol. The molecule has 0 aliphatic carbocycles. The molecule has 170 valence electrons. The maximum atomic E-state index is 12.6. The SMILES string of the molecule is C=CCNC(=S)N1CCc2cc(OC)c(OC)cc2C1CNC(=O)Nc1ccc(C)cc1. The van der Waals surface area contributed by atoms with Gasteiger partial charge in [-0.2, -0.15) is 0 Å². The fourth-order valence-electron chi connectivity index (χ4n) is 3.75. The molecule has 7 nitrogen and oxygen atoms in total. The van der Waals surface area contributed by atoms with Crippen LogP contribution in [0.25, 0.3) is 0 Å². The van der Waals surface area contributed by atoms with E-state index in [0.717, 1.165) is 35.3 Å². The number of aryl methyl sites for hydroxylation is 1. The van der Waals surface area contributed by atoms with E-state index in [0.29, 0.717) is 29.7 Å². The molecule has 3 rings (SSSR count). The molecule has 0 spiro atoms. The topological polar surface area (TPSA) is 74.9 Å². The number of amides is 2. The van der Waals surface area contributed by atoms with Crippen molar-refractivity contribution in [2.24, 2.45) is 0 Å². The summed E-state index contributed by atoms with van der Waals surface area (Å²) in [6, 6.07) is 11.2. The lowest BCUT2D eigenvalue weighted by Crippen LogP contribution is -2.49. The highest BCUT2D eigenvalue weighted by atomic mass is 32.1. The molecule has 2 aromatic carbocycles. The van der Waals surface area contributed by atoms with Crippen LogP contribution in [0, 0.1) is 6.92 Å². The molecule has 0 radical (unpaired) electrons. The Bertz CT molecular complexity index is 978. The first-order valence-electron chi connectivity index (χ1n) is 10.5. The highest BCUT2D eigenvalue weighted by Crippen LogP contribution is 2.38. The lowest BCUT2D eigenvalue weighted by molar-refractivity contribution is 0.242. The highest BCUT2D eigenvalue weighted by Gasteiger charge is 2.31. The molecule has 2 aromatic rings. The number of hydrogen-bond acceptors (Lipinski definition) is 4. The second-order valence-corrected chi connectivity index (χ2v) is 7.93. The number of rotatable bonds is 7. The Balaban J connectivity index is 1.82. The Hall–Kier alpha value is -3.26. The van der Waals surface area contributed by atoms with Crippen LogP contribution in [0.1, 0.15) is 22.7 Å². The van der Waals surface area contributed by atoms with Crippen LogP contribution in [0.4, 0.5) is 10.5 Å². The van der Waals surface area contributed by atoms with Crippen LogP contribution in [-0.2, 0) is 6.42 Å². The van der Waals surface area contributed by atoms with E-state index in [-0.39, 0.29) is 12.1 Å².